The molecule has 1 N–H and O–H groups in total. The number of carbonyl (C=O) groups is 2. The molecule has 4 nitrogen and oxygen atoms in total. The summed E-state index contributed by atoms with van der Waals surface area (Å²) in [6, 6.07) is 11.8. The molecular weight excluding hydrogens is 392 g/mol. The van der Waals surface area contributed by atoms with Crippen LogP contribution in [0.3, 0.4) is 0 Å². The van der Waals surface area contributed by atoms with Crippen molar-refractivity contribution in [1.29, 1.82) is 0 Å². The largest absolute Gasteiger partial charge is 0.326 e. The van der Waals surface area contributed by atoms with Crippen LogP contribution >= 0.6 is 15.9 Å². The molecule has 136 valence electrons. The molecule has 0 bridgehead atoms. The molecule has 1 heterocycles. The lowest BCUT2D eigenvalue weighted by Crippen LogP contribution is -2.28. The fraction of sp³-hybridized carbons (Fsp3) is 0.333. The molecule has 1 aliphatic heterocycles. The lowest BCUT2D eigenvalue weighted by Gasteiger charge is -2.20. The van der Waals surface area contributed by atoms with Gasteiger partial charge in [0.05, 0.1) is 5.92 Å². The van der Waals surface area contributed by atoms with Crippen molar-refractivity contribution in [3.8, 4) is 0 Å². The minimum atomic E-state index is -0.336. The normalized spacial score (nSPS) is 16.8. The Labute approximate surface area is 162 Å². The zero-order chi connectivity index (χ0) is 18.8. The van der Waals surface area contributed by atoms with Crippen LogP contribution in [-0.2, 0) is 16.0 Å². The summed E-state index contributed by atoms with van der Waals surface area (Å²) >= 11 is 3.54. The van der Waals surface area contributed by atoms with E-state index in [0.717, 1.165) is 39.0 Å². The van der Waals surface area contributed by atoms with Crippen molar-refractivity contribution in [3.05, 3.63) is 57.6 Å². The van der Waals surface area contributed by atoms with Crippen LogP contribution < -0.4 is 10.2 Å². The summed E-state index contributed by atoms with van der Waals surface area (Å²) in [5, 5.41) is 2.98. The number of rotatable bonds is 4. The maximum atomic E-state index is 12.7. The van der Waals surface area contributed by atoms with Crippen LogP contribution in [0.4, 0.5) is 11.4 Å². The first-order valence-corrected chi connectivity index (χ1v) is 9.66. The summed E-state index contributed by atoms with van der Waals surface area (Å²) in [5.74, 6) is -0.429. The second kappa shape index (κ2) is 7.62. The summed E-state index contributed by atoms with van der Waals surface area (Å²) < 4.78 is 1.05. The average molecular weight is 415 g/mol. The number of aryl methyl sites for hydroxylation is 3. The standard InChI is InChI=1S/C21H23BrN2O2/c1-4-15-7-5-6-8-18(15)24-12-16(11-19(24)25)21(26)23-17-9-13(2)20(22)14(3)10-17/h5-10,16H,4,11-12H2,1-3H3,(H,23,26)/t16-/m0/s1. The molecular formula is C21H23BrN2O2. The molecule has 2 amide bonds. The van der Waals surface area contributed by atoms with E-state index in [1.54, 1.807) is 4.90 Å². The zero-order valence-electron chi connectivity index (χ0n) is 15.3. The van der Waals surface area contributed by atoms with Gasteiger partial charge in [-0.25, -0.2) is 0 Å². The first kappa shape index (κ1) is 18.6. The third kappa shape index (κ3) is 3.68. The Hall–Kier alpha value is -2.14. The van der Waals surface area contributed by atoms with Gasteiger partial charge < -0.3 is 10.2 Å². The van der Waals surface area contributed by atoms with Crippen molar-refractivity contribution >= 4 is 39.1 Å². The first-order valence-electron chi connectivity index (χ1n) is 8.86. The number of anilines is 2. The number of benzene rings is 2. The topological polar surface area (TPSA) is 49.4 Å². The summed E-state index contributed by atoms with van der Waals surface area (Å²) in [4.78, 5) is 27.0. The minimum Gasteiger partial charge on any atom is -0.326 e. The van der Waals surface area contributed by atoms with Gasteiger partial charge in [-0.2, -0.15) is 0 Å². The minimum absolute atomic E-state index is 0.00853. The molecule has 0 radical (unpaired) electrons. The Morgan fingerprint density at radius 3 is 2.54 bits per heavy atom. The molecule has 0 aromatic heterocycles. The van der Waals surface area contributed by atoms with Crippen molar-refractivity contribution in [2.75, 3.05) is 16.8 Å². The van der Waals surface area contributed by atoms with Gasteiger partial charge in [0.2, 0.25) is 11.8 Å². The highest BCUT2D eigenvalue weighted by atomic mass is 79.9. The summed E-state index contributed by atoms with van der Waals surface area (Å²) in [6.07, 6.45) is 1.10. The van der Waals surface area contributed by atoms with Gasteiger partial charge in [0.15, 0.2) is 0 Å². The predicted molar refractivity (Wildman–Crippen MR) is 109 cm³/mol. The van der Waals surface area contributed by atoms with Gasteiger partial charge in [0.25, 0.3) is 0 Å². The smallest absolute Gasteiger partial charge is 0.229 e. The van der Waals surface area contributed by atoms with Crippen LogP contribution in [0, 0.1) is 19.8 Å². The highest BCUT2D eigenvalue weighted by molar-refractivity contribution is 9.10. The second-order valence-corrected chi connectivity index (χ2v) is 7.59. The van der Waals surface area contributed by atoms with Crippen molar-refractivity contribution < 1.29 is 9.59 Å². The molecule has 1 atom stereocenters. The molecule has 0 spiro atoms. The average Bonchev–Trinajstić information content (AvgIpc) is 3.01. The van der Waals surface area contributed by atoms with E-state index in [9.17, 15) is 9.59 Å². The quantitative estimate of drug-likeness (QED) is 0.792. The van der Waals surface area contributed by atoms with Gasteiger partial charge in [-0.3, -0.25) is 9.59 Å². The van der Waals surface area contributed by atoms with Crippen molar-refractivity contribution in [2.45, 2.75) is 33.6 Å². The Morgan fingerprint density at radius 2 is 1.88 bits per heavy atom. The fourth-order valence-electron chi connectivity index (χ4n) is 3.45. The van der Waals surface area contributed by atoms with Crippen molar-refractivity contribution in [1.82, 2.24) is 0 Å². The van der Waals surface area contributed by atoms with Crippen LogP contribution in [0.1, 0.15) is 30.0 Å². The van der Waals surface area contributed by atoms with Gasteiger partial charge >= 0.3 is 0 Å². The van der Waals surface area contributed by atoms with Crippen LogP contribution in [-0.4, -0.2) is 18.4 Å². The maximum absolute atomic E-state index is 12.7. The summed E-state index contributed by atoms with van der Waals surface area (Å²) in [7, 11) is 0. The Balaban J connectivity index is 1.75. The second-order valence-electron chi connectivity index (χ2n) is 6.80. The van der Waals surface area contributed by atoms with E-state index in [4.69, 9.17) is 0 Å². The third-order valence-electron chi connectivity index (χ3n) is 4.86. The predicted octanol–water partition coefficient (Wildman–Crippen LogP) is 4.62. The highest BCUT2D eigenvalue weighted by Gasteiger charge is 2.35. The number of nitrogens with one attached hydrogen (secondary N) is 1. The van der Waals surface area contributed by atoms with E-state index >= 15 is 0 Å². The molecule has 0 saturated carbocycles. The Kier molecular flexibility index (Phi) is 5.47. The van der Waals surface area contributed by atoms with E-state index in [1.165, 1.54) is 0 Å². The van der Waals surface area contributed by atoms with Gasteiger partial charge in [-0.1, -0.05) is 41.1 Å². The highest BCUT2D eigenvalue weighted by Crippen LogP contribution is 2.30. The van der Waals surface area contributed by atoms with Crippen LogP contribution in [0.25, 0.3) is 0 Å². The SMILES string of the molecule is CCc1ccccc1N1C[C@@H](C(=O)Nc2cc(C)c(Br)c(C)c2)CC1=O. The molecule has 1 aliphatic rings. The lowest BCUT2D eigenvalue weighted by atomic mass is 10.1. The molecule has 0 unspecified atom stereocenters. The first-order chi connectivity index (χ1) is 12.4. The number of para-hydroxylation sites is 1. The van der Waals surface area contributed by atoms with Gasteiger partial charge in [-0.15, -0.1) is 0 Å². The Bertz CT molecular complexity index is 840. The number of hydrogen-bond acceptors (Lipinski definition) is 2. The zero-order valence-corrected chi connectivity index (χ0v) is 16.9. The molecule has 2 aromatic carbocycles. The number of amides is 2. The molecule has 0 aliphatic carbocycles. The van der Waals surface area contributed by atoms with Crippen molar-refractivity contribution in [3.63, 3.8) is 0 Å². The van der Waals surface area contributed by atoms with Crippen LogP contribution in [0.2, 0.25) is 0 Å². The maximum Gasteiger partial charge on any atom is 0.229 e. The van der Waals surface area contributed by atoms with Crippen LogP contribution in [0.15, 0.2) is 40.9 Å². The van der Waals surface area contributed by atoms with E-state index in [-0.39, 0.29) is 24.2 Å². The Morgan fingerprint density at radius 1 is 1.23 bits per heavy atom. The van der Waals surface area contributed by atoms with E-state index in [2.05, 4.69) is 28.2 Å². The van der Waals surface area contributed by atoms with Gasteiger partial charge in [-0.05, 0) is 55.2 Å². The monoisotopic (exact) mass is 414 g/mol. The molecule has 26 heavy (non-hydrogen) atoms. The molecule has 1 fully saturated rings. The fourth-order valence-corrected chi connectivity index (χ4v) is 3.68. The van der Waals surface area contributed by atoms with Crippen LogP contribution in [0.5, 0.6) is 0 Å². The van der Waals surface area contributed by atoms with Gasteiger partial charge in [0.1, 0.15) is 0 Å². The summed E-state index contributed by atoms with van der Waals surface area (Å²) in [6.45, 7) is 6.49. The van der Waals surface area contributed by atoms with Gasteiger partial charge in [0, 0.05) is 28.8 Å². The van der Waals surface area contributed by atoms with E-state index in [1.807, 2.05) is 50.2 Å². The third-order valence-corrected chi connectivity index (χ3v) is 6.11. The number of nitrogens with zero attached hydrogens (tertiary/aromatic N) is 1. The van der Waals surface area contributed by atoms with Crippen molar-refractivity contribution in [2.24, 2.45) is 5.92 Å². The van der Waals surface area contributed by atoms with E-state index < -0.39 is 0 Å². The summed E-state index contributed by atoms with van der Waals surface area (Å²) in [5.41, 5.74) is 4.96. The molecule has 2 aromatic rings. The molecule has 1 saturated heterocycles. The molecule has 3 rings (SSSR count). The van der Waals surface area contributed by atoms with E-state index in [0.29, 0.717) is 6.54 Å². The number of hydrogen-bond donors (Lipinski definition) is 1. The lowest BCUT2D eigenvalue weighted by molar-refractivity contribution is -0.122. The number of halogens is 1. The molecule has 5 heteroatoms. The number of carbonyl (C=O) groups excluding carboxylic acids is 2.